The Labute approximate surface area is 166 Å². The standard InChI is InChI=1S/C19H22FN7O2/c20-14-4-6-26(10-14)19-25-18(21-5-3-11-1-2-11)24-16-13(9-22-27(16)19)7-12-8-15(28)23-17(12)29/h7,9,11,14H,1-6,8,10H2,(H,21,24)(H,23,28,29)/t14-/m0/s1. The minimum Gasteiger partial charge on any atom is -0.354 e. The third-order valence-electron chi connectivity index (χ3n) is 5.55. The van der Waals surface area contributed by atoms with Crippen LogP contribution in [-0.4, -0.2) is 57.2 Å². The largest absolute Gasteiger partial charge is 0.354 e. The molecule has 1 saturated carbocycles. The maximum absolute atomic E-state index is 13.8. The lowest BCUT2D eigenvalue weighted by Crippen LogP contribution is -2.25. The second-order valence-corrected chi connectivity index (χ2v) is 7.90. The predicted octanol–water partition coefficient (Wildman–Crippen LogP) is 1.31. The molecule has 2 N–H and O–H groups in total. The fraction of sp³-hybridized carbons (Fsp3) is 0.526. The van der Waals surface area contributed by atoms with Gasteiger partial charge in [-0.2, -0.15) is 19.6 Å². The van der Waals surface area contributed by atoms with E-state index in [2.05, 4.69) is 25.7 Å². The Bertz CT molecular complexity index is 1010. The van der Waals surface area contributed by atoms with E-state index in [9.17, 15) is 14.0 Å². The Morgan fingerprint density at radius 2 is 2.14 bits per heavy atom. The summed E-state index contributed by atoms with van der Waals surface area (Å²) in [6, 6.07) is 0. The maximum atomic E-state index is 13.8. The predicted molar refractivity (Wildman–Crippen MR) is 104 cm³/mol. The fourth-order valence-electron chi connectivity index (χ4n) is 3.77. The lowest BCUT2D eigenvalue weighted by atomic mass is 10.1. The number of hydrogen-bond acceptors (Lipinski definition) is 7. The van der Waals surface area contributed by atoms with Crippen LogP contribution in [-0.2, 0) is 9.59 Å². The van der Waals surface area contributed by atoms with Gasteiger partial charge >= 0.3 is 0 Å². The maximum Gasteiger partial charge on any atom is 0.254 e. The SMILES string of the molecule is O=C1CC(=Cc2cnn3c(N4CC[C@H](F)C4)nc(NCCC4CC4)nc23)C(=O)N1. The highest BCUT2D eigenvalue weighted by atomic mass is 19.1. The molecular weight excluding hydrogens is 377 g/mol. The Morgan fingerprint density at radius 1 is 1.28 bits per heavy atom. The van der Waals surface area contributed by atoms with Crippen molar-refractivity contribution in [3.63, 3.8) is 0 Å². The molecule has 0 aromatic carbocycles. The molecule has 5 rings (SSSR count). The first-order valence-corrected chi connectivity index (χ1v) is 10.0. The van der Waals surface area contributed by atoms with Crippen molar-refractivity contribution in [1.82, 2.24) is 24.9 Å². The van der Waals surface area contributed by atoms with E-state index >= 15 is 0 Å². The number of alkyl halides is 1. The number of nitrogens with zero attached hydrogens (tertiary/aromatic N) is 5. The molecule has 29 heavy (non-hydrogen) atoms. The van der Waals surface area contributed by atoms with Gasteiger partial charge in [-0.15, -0.1) is 0 Å². The molecular formula is C19H22FN7O2. The van der Waals surface area contributed by atoms with Gasteiger partial charge in [0.15, 0.2) is 5.65 Å². The molecule has 2 saturated heterocycles. The highest BCUT2D eigenvalue weighted by Gasteiger charge is 2.28. The van der Waals surface area contributed by atoms with Crippen molar-refractivity contribution in [3.8, 4) is 0 Å². The van der Waals surface area contributed by atoms with Gasteiger partial charge in [-0.1, -0.05) is 12.8 Å². The summed E-state index contributed by atoms with van der Waals surface area (Å²) in [5.41, 5.74) is 1.51. The van der Waals surface area contributed by atoms with Crippen molar-refractivity contribution in [1.29, 1.82) is 0 Å². The van der Waals surface area contributed by atoms with Crippen molar-refractivity contribution in [3.05, 3.63) is 17.3 Å². The topological polar surface area (TPSA) is 105 Å². The van der Waals surface area contributed by atoms with Gasteiger partial charge in [-0.05, 0) is 24.8 Å². The number of carbonyl (C=O) groups is 2. The quantitative estimate of drug-likeness (QED) is 0.557. The van der Waals surface area contributed by atoms with Gasteiger partial charge in [-0.3, -0.25) is 14.9 Å². The van der Waals surface area contributed by atoms with E-state index in [1.807, 2.05) is 4.90 Å². The molecule has 9 nitrogen and oxygen atoms in total. The van der Waals surface area contributed by atoms with Crippen LogP contribution in [0.25, 0.3) is 11.7 Å². The molecule has 1 atom stereocenters. The number of imide groups is 1. The first-order chi connectivity index (χ1) is 14.1. The molecule has 4 heterocycles. The monoisotopic (exact) mass is 399 g/mol. The van der Waals surface area contributed by atoms with Gasteiger partial charge in [-0.25, -0.2) is 4.39 Å². The number of aromatic nitrogens is 4. The third-order valence-corrected chi connectivity index (χ3v) is 5.55. The van der Waals surface area contributed by atoms with E-state index in [-0.39, 0.29) is 18.9 Å². The molecule has 10 heteroatoms. The molecule has 0 unspecified atom stereocenters. The number of carbonyl (C=O) groups excluding carboxylic acids is 2. The fourth-order valence-corrected chi connectivity index (χ4v) is 3.77. The second-order valence-electron chi connectivity index (χ2n) is 7.90. The van der Waals surface area contributed by atoms with Crippen LogP contribution in [0.3, 0.4) is 0 Å². The van der Waals surface area contributed by atoms with E-state index < -0.39 is 12.1 Å². The van der Waals surface area contributed by atoms with Crippen LogP contribution in [0.4, 0.5) is 16.3 Å². The first kappa shape index (κ1) is 18.0. The molecule has 2 aromatic heterocycles. The summed E-state index contributed by atoms with van der Waals surface area (Å²) in [6.07, 6.45) is 6.45. The van der Waals surface area contributed by atoms with E-state index in [0.717, 1.165) is 18.9 Å². The number of hydrogen-bond donors (Lipinski definition) is 2. The number of fused-ring (bicyclic) bond motifs is 1. The van der Waals surface area contributed by atoms with Crippen LogP contribution in [0.15, 0.2) is 11.8 Å². The molecule has 0 spiro atoms. The lowest BCUT2D eigenvalue weighted by Gasteiger charge is -2.18. The molecule has 152 valence electrons. The van der Waals surface area contributed by atoms with Crippen molar-refractivity contribution in [2.45, 2.75) is 38.3 Å². The first-order valence-electron chi connectivity index (χ1n) is 10.0. The zero-order valence-corrected chi connectivity index (χ0v) is 15.9. The van der Waals surface area contributed by atoms with Crippen LogP contribution in [0.1, 0.15) is 37.7 Å². The van der Waals surface area contributed by atoms with Crippen molar-refractivity contribution >= 4 is 35.4 Å². The van der Waals surface area contributed by atoms with E-state index in [4.69, 9.17) is 0 Å². The molecule has 3 fully saturated rings. The van der Waals surface area contributed by atoms with Gasteiger partial charge in [0.2, 0.25) is 17.8 Å². The van der Waals surface area contributed by atoms with Gasteiger partial charge in [0.25, 0.3) is 5.91 Å². The van der Waals surface area contributed by atoms with Crippen LogP contribution >= 0.6 is 0 Å². The van der Waals surface area contributed by atoms with Crippen molar-refractivity contribution < 1.29 is 14.0 Å². The smallest absolute Gasteiger partial charge is 0.254 e. The van der Waals surface area contributed by atoms with Crippen molar-refractivity contribution in [2.24, 2.45) is 5.92 Å². The summed E-state index contributed by atoms with van der Waals surface area (Å²) in [6.45, 7) is 1.59. The highest BCUT2D eigenvalue weighted by Crippen LogP contribution is 2.32. The van der Waals surface area contributed by atoms with Crippen LogP contribution < -0.4 is 15.5 Å². The second kappa shape index (κ2) is 7.09. The Hall–Kier alpha value is -3.04. The summed E-state index contributed by atoms with van der Waals surface area (Å²) in [5, 5.41) is 9.92. The normalized spacial score (nSPS) is 23.4. The third kappa shape index (κ3) is 3.66. The average molecular weight is 399 g/mol. The Kier molecular flexibility index (Phi) is 4.40. The van der Waals surface area contributed by atoms with Crippen LogP contribution in [0.2, 0.25) is 0 Å². The Morgan fingerprint density at radius 3 is 2.83 bits per heavy atom. The summed E-state index contributed by atoms with van der Waals surface area (Å²) < 4.78 is 15.4. The molecule has 2 amide bonds. The molecule has 0 bridgehead atoms. The molecule has 0 radical (unpaired) electrons. The van der Waals surface area contributed by atoms with E-state index in [1.165, 1.54) is 12.8 Å². The van der Waals surface area contributed by atoms with E-state index in [0.29, 0.717) is 41.6 Å². The lowest BCUT2D eigenvalue weighted by molar-refractivity contribution is -0.124. The summed E-state index contributed by atoms with van der Waals surface area (Å²) in [5.74, 6) is 1.06. The molecule has 2 aliphatic heterocycles. The number of nitrogens with one attached hydrogen (secondary N) is 2. The molecule has 3 aliphatic rings. The van der Waals surface area contributed by atoms with Gasteiger partial charge in [0, 0.05) is 24.2 Å². The van der Waals surface area contributed by atoms with Crippen LogP contribution in [0, 0.1) is 5.92 Å². The van der Waals surface area contributed by atoms with E-state index in [1.54, 1.807) is 16.8 Å². The zero-order chi connectivity index (χ0) is 20.0. The van der Waals surface area contributed by atoms with Crippen molar-refractivity contribution in [2.75, 3.05) is 29.9 Å². The zero-order valence-electron chi connectivity index (χ0n) is 15.9. The summed E-state index contributed by atoms with van der Waals surface area (Å²) in [4.78, 5) is 34.4. The molecule has 1 aliphatic carbocycles. The van der Waals surface area contributed by atoms with Gasteiger partial charge in [0.05, 0.1) is 19.2 Å². The number of amides is 2. The minimum absolute atomic E-state index is 0.0380. The minimum atomic E-state index is -0.892. The van der Waals surface area contributed by atoms with Crippen LogP contribution in [0.5, 0.6) is 0 Å². The number of halogens is 1. The summed E-state index contributed by atoms with van der Waals surface area (Å²) in [7, 11) is 0. The number of rotatable bonds is 6. The van der Waals surface area contributed by atoms with Gasteiger partial charge in [0.1, 0.15) is 6.17 Å². The number of anilines is 2. The Balaban J connectivity index is 1.51. The highest BCUT2D eigenvalue weighted by molar-refractivity contribution is 6.15. The van der Waals surface area contributed by atoms with Gasteiger partial charge < -0.3 is 10.2 Å². The summed E-state index contributed by atoms with van der Waals surface area (Å²) >= 11 is 0. The molecule has 2 aromatic rings. The average Bonchev–Trinajstić information content (AvgIpc) is 3.12.